The molecule has 8 heteroatoms. The Morgan fingerprint density at radius 3 is 2.56 bits per heavy atom. The van der Waals surface area contributed by atoms with Crippen molar-refractivity contribution in [2.24, 2.45) is 5.73 Å². The zero-order valence-electron chi connectivity index (χ0n) is 17.6. The molecule has 1 fully saturated rings. The van der Waals surface area contributed by atoms with Gasteiger partial charge in [-0.1, -0.05) is 12.1 Å². The number of amides is 2. The Morgan fingerprint density at radius 2 is 1.84 bits per heavy atom. The minimum absolute atomic E-state index is 0.0332. The fraction of sp³-hybridized carbons (Fsp3) is 0.208. The summed E-state index contributed by atoms with van der Waals surface area (Å²) in [5.41, 5.74) is 8.67. The van der Waals surface area contributed by atoms with E-state index in [1.54, 1.807) is 30.3 Å². The number of hydrogen-bond acceptors (Lipinski definition) is 4. The first-order chi connectivity index (χ1) is 15.4. The SMILES string of the molecule is CN1CCN(C(=O)c2ccc3c(c2)[nH]c2c(C(N)=O)ccc(-c4ccncc4F)c23)CC1. The van der Waals surface area contributed by atoms with Crippen molar-refractivity contribution < 1.29 is 14.0 Å². The molecular weight excluding hydrogens is 409 g/mol. The summed E-state index contributed by atoms with van der Waals surface area (Å²) >= 11 is 0. The molecule has 1 aliphatic heterocycles. The van der Waals surface area contributed by atoms with Gasteiger partial charge in [0.25, 0.3) is 11.8 Å². The Kier molecular flexibility index (Phi) is 4.86. The summed E-state index contributed by atoms with van der Waals surface area (Å²) in [6.45, 7) is 3.03. The lowest BCUT2D eigenvalue weighted by molar-refractivity contribution is 0.0664. The van der Waals surface area contributed by atoms with Gasteiger partial charge in [-0.15, -0.1) is 0 Å². The quantitative estimate of drug-likeness (QED) is 0.521. The number of primary amides is 1. The van der Waals surface area contributed by atoms with E-state index in [9.17, 15) is 14.0 Å². The Hall–Kier alpha value is -3.78. The van der Waals surface area contributed by atoms with E-state index in [0.717, 1.165) is 24.7 Å². The molecular formula is C24H22FN5O2. The smallest absolute Gasteiger partial charge is 0.254 e. The van der Waals surface area contributed by atoms with Crippen LogP contribution in [0.3, 0.4) is 0 Å². The zero-order valence-corrected chi connectivity index (χ0v) is 17.6. The highest BCUT2D eigenvalue weighted by Crippen LogP contribution is 2.37. The van der Waals surface area contributed by atoms with Gasteiger partial charge in [-0.2, -0.15) is 0 Å². The van der Waals surface area contributed by atoms with Crippen molar-refractivity contribution in [1.82, 2.24) is 19.8 Å². The number of fused-ring (bicyclic) bond motifs is 3. The van der Waals surface area contributed by atoms with Crippen LogP contribution in [0.2, 0.25) is 0 Å². The number of nitrogens with two attached hydrogens (primary N) is 1. The molecule has 0 bridgehead atoms. The molecule has 2 amide bonds. The maximum Gasteiger partial charge on any atom is 0.254 e. The molecule has 3 heterocycles. The van der Waals surface area contributed by atoms with E-state index in [0.29, 0.717) is 51.8 Å². The Labute approximate surface area is 183 Å². The van der Waals surface area contributed by atoms with Gasteiger partial charge in [-0.05, 0) is 36.9 Å². The van der Waals surface area contributed by atoms with Crippen LogP contribution in [-0.4, -0.2) is 64.8 Å². The Bertz CT molecular complexity index is 1370. The van der Waals surface area contributed by atoms with Crippen molar-refractivity contribution in [3.05, 3.63) is 65.7 Å². The number of aromatic amines is 1. The number of pyridine rings is 1. The van der Waals surface area contributed by atoms with E-state index >= 15 is 0 Å². The molecule has 32 heavy (non-hydrogen) atoms. The van der Waals surface area contributed by atoms with E-state index in [-0.39, 0.29) is 5.91 Å². The highest BCUT2D eigenvalue weighted by Gasteiger charge is 2.22. The number of carbonyl (C=O) groups is 2. The first-order valence-corrected chi connectivity index (χ1v) is 10.4. The lowest BCUT2D eigenvalue weighted by Crippen LogP contribution is -2.47. The van der Waals surface area contributed by atoms with Crippen LogP contribution in [0, 0.1) is 5.82 Å². The summed E-state index contributed by atoms with van der Waals surface area (Å²) < 4.78 is 14.6. The number of likely N-dealkylation sites (N-methyl/N-ethyl adjacent to an activating group) is 1. The molecule has 0 unspecified atom stereocenters. The van der Waals surface area contributed by atoms with Crippen molar-refractivity contribution in [2.45, 2.75) is 0 Å². The van der Waals surface area contributed by atoms with Gasteiger partial charge in [0.05, 0.1) is 17.3 Å². The Morgan fingerprint density at radius 1 is 1.06 bits per heavy atom. The number of rotatable bonds is 3. The molecule has 7 nitrogen and oxygen atoms in total. The predicted molar refractivity (Wildman–Crippen MR) is 121 cm³/mol. The van der Waals surface area contributed by atoms with Crippen LogP contribution in [0.1, 0.15) is 20.7 Å². The molecule has 2 aromatic heterocycles. The lowest BCUT2D eigenvalue weighted by Gasteiger charge is -2.32. The van der Waals surface area contributed by atoms with Crippen LogP contribution >= 0.6 is 0 Å². The normalized spacial score (nSPS) is 14.9. The maximum atomic E-state index is 14.6. The van der Waals surface area contributed by atoms with Gasteiger partial charge < -0.3 is 20.5 Å². The van der Waals surface area contributed by atoms with Gasteiger partial charge in [0, 0.05) is 59.8 Å². The summed E-state index contributed by atoms with van der Waals surface area (Å²) in [5, 5.41) is 1.46. The Balaban J connectivity index is 1.68. The fourth-order valence-corrected chi connectivity index (χ4v) is 4.36. The molecule has 3 N–H and O–H groups in total. The second kappa shape index (κ2) is 7.72. The lowest BCUT2D eigenvalue weighted by atomic mass is 9.97. The van der Waals surface area contributed by atoms with E-state index < -0.39 is 11.7 Å². The number of carbonyl (C=O) groups excluding carboxylic acids is 2. The van der Waals surface area contributed by atoms with Crippen LogP contribution in [-0.2, 0) is 0 Å². The van der Waals surface area contributed by atoms with Gasteiger partial charge in [-0.3, -0.25) is 14.6 Å². The molecule has 2 aromatic carbocycles. The number of nitrogens with one attached hydrogen (secondary N) is 1. The van der Waals surface area contributed by atoms with Crippen LogP contribution in [0.25, 0.3) is 32.9 Å². The fourth-order valence-electron chi connectivity index (χ4n) is 4.36. The molecule has 4 aromatic rings. The predicted octanol–water partition coefficient (Wildman–Crippen LogP) is 3.01. The van der Waals surface area contributed by atoms with Crippen LogP contribution in [0.5, 0.6) is 0 Å². The minimum atomic E-state index is -0.586. The first-order valence-electron chi connectivity index (χ1n) is 10.4. The van der Waals surface area contributed by atoms with Crippen molar-refractivity contribution >= 4 is 33.6 Å². The topological polar surface area (TPSA) is 95.3 Å². The van der Waals surface area contributed by atoms with E-state index in [1.165, 1.54) is 6.20 Å². The standard InChI is InChI=1S/C24H22FN5O2/c1-29-8-10-30(11-9-29)24(32)14-2-3-17-20(12-14)28-22-18(23(26)31)5-4-16(21(17)22)15-6-7-27-13-19(15)25/h2-7,12-13,28H,8-11H2,1H3,(H2,26,31). The van der Waals surface area contributed by atoms with E-state index in [4.69, 9.17) is 5.73 Å². The first kappa shape index (κ1) is 20.1. The highest BCUT2D eigenvalue weighted by molar-refractivity contribution is 6.20. The molecule has 0 radical (unpaired) electrons. The molecule has 0 spiro atoms. The van der Waals surface area contributed by atoms with Crippen molar-refractivity contribution in [3.8, 4) is 11.1 Å². The van der Waals surface area contributed by atoms with E-state index in [2.05, 4.69) is 14.9 Å². The maximum absolute atomic E-state index is 14.6. The number of H-pyrrole nitrogens is 1. The number of hydrogen-bond donors (Lipinski definition) is 2. The molecule has 1 saturated heterocycles. The summed E-state index contributed by atoms with van der Waals surface area (Å²) in [5.74, 6) is -1.08. The summed E-state index contributed by atoms with van der Waals surface area (Å²) in [6, 6.07) is 10.3. The monoisotopic (exact) mass is 431 g/mol. The summed E-state index contributed by atoms with van der Waals surface area (Å²) in [4.78, 5) is 36.2. The zero-order chi connectivity index (χ0) is 22.4. The molecule has 5 rings (SSSR count). The summed E-state index contributed by atoms with van der Waals surface area (Å²) in [6.07, 6.45) is 2.68. The number of benzene rings is 2. The molecule has 0 aliphatic carbocycles. The second-order valence-corrected chi connectivity index (χ2v) is 8.11. The van der Waals surface area contributed by atoms with Gasteiger partial charge in [0.2, 0.25) is 0 Å². The van der Waals surface area contributed by atoms with Gasteiger partial charge in [0.15, 0.2) is 0 Å². The number of aromatic nitrogens is 2. The molecule has 162 valence electrons. The third-order valence-corrected chi connectivity index (χ3v) is 6.12. The number of piperazine rings is 1. The van der Waals surface area contributed by atoms with Gasteiger partial charge >= 0.3 is 0 Å². The summed E-state index contributed by atoms with van der Waals surface area (Å²) in [7, 11) is 2.04. The third-order valence-electron chi connectivity index (χ3n) is 6.12. The second-order valence-electron chi connectivity index (χ2n) is 8.11. The van der Waals surface area contributed by atoms with Crippen molar-refractivity contribution in [1.29, 1.82) is 0 Å². The minimum Gasteiger partial charge on any atom is -0.366 e. The van der Waals surface area contributed by atoms with Crippen LogP contribution in [0.15, 0.2) is 48.8 Å². The molecule has 0 saturated carbocycles. The third kappa shape index (κ3) is 3.29. The van der Waals surface area contributed by atoms with Crippen LogP contribution in [0.4, 0.5) is 4.39 Å². The average Bonchev–Trinajstić information content (AvgIpc) is 3.17. The number of nitrogens with zero attached hydrogens (tertiary/aromatic N) is 3. The van der Waals surface area contributed by atoms with Crippen molar-refractivity contribution in [2.75, 3.05) is 33.2 Å². The van der Waals surface area contributed by atoms with Crippen LogP contribution < -0.4 is 5.73 Å². The highest BCUT2D eigenvalue weighted by atomic mass is 19.1. The van der Waals surface area contributed by atoms with E-state index in [1.807, 2.05) is 18.0 Å². The molecule has 0 atom stereocenters. The number of halogens is 1. The molecule has 1 aliphatic rings. The van der Waals surface area contributed by atoms with Gasteiger partial charge in [-0.25, -0.2) is 4.39 Å². The van der Waals surface area contributed by atoms with Crippen molar-refractivity contribution in [3.63, 3.8) is 0 Å². The average molecular weight is 431 g/mol. The largest absolute Gasteiger partial charge is 0.366 e. The van der Waals surface area contributed by atoms with Gasteiger partial charge in [0.1, 0.15) is 5.82 Å².